The van der Waals surface area contributed by atoms with Crippen LogP contribution in [0.15, 0.2) is 23.1 Å². The van der Waals surface area contributed by atoms with Crippen LogP contribution in [0, 0.1) is 5.82 Å². The lowest BCUT2D eigenvalue weighted by atomic mass is 10.1. The first-order chi connectivity index (χ1) is 7.34. The Morgan fingerprint density at radius 3 is 2.56 bits per heavy atom. The standard InChI is InChI=1S/C10H14FNO3S/c1-16(14,15)9-5-7(4-8(11)6-9)10(13)2-3-12/h4-6,10,13H,2-3,12H2,1H3. The van der Waals surface area contributed by atoms with E-state index in [0.29, 0.717) is 0 Å². The van der Waals surface area contributed by atoms with Gasteiger partial charge >= 0.3 is 0 Å². The summed E-state index contributed by atoms with van der Waals surface area (Å²) in [6.07, 6.45) is 0.300. The van der Waals surface area contributed by atoms with E-state index in [4.69, 9.17) is 5.73 Å². The molecule has 0 bridgehead atoms. The Balaban J connectivity index is 3.18. The average molecular weight is 247 g/mol. The molecule has 1 aromatic rings. The van der Waals surface area contributed by atoms with Gasteiger partial charge in [0.1, 0.15) is 5.82 Å². The van der Waals surface area contributed by atoms with E-state index in [2.05, 4.69) is 0 Å². The smallest absolute Gasteiger partial charge is 0.175 e. The molecule has 0 heterocycles. The van der Waals surface area contributed by atoms with Crippen molar-refractivity contribution in [3.8, 4) is 0 Å². The van der Waals surface area contributed by atoms with E-state index >= 15 is 0 Å². The molecule has 1 atom stereocenters. The highest BCUT2D eigenvalue weighted by molar-refractivity contribution is 7.90. The number of sulfone groups is 1. The topological polar surface area (TPSA) is 80.4 Å². The molecule has 0 aliphatic rings. The molecule has 0 saturated heterocycles. The van der Waals surface area contributed by atoms with Crippen molar-refractivity contribution in [1.82, 2.24) is 0 Å². The Kier molecular flexibility index (Phi) is 4.01. The summed E-state index contributed by atoms with van der Waals surface area (Å²) < 4.78 is 35.6. The van der Waals surface area contributed by atoms with E-state index in [9.17, 15) is 17.9 Å². The van der Waals surface area contributed by atoms with Gasteiger partial charge in [0.15, 0.2) is 9.84 Å². The normalized spacial score (nSPS) is 13.8. The quantitative estimate of drug-likeness (QED) is 0.817. The van der Waals surface area contributed by atoms with Gasteiger partial charge in [-0.2, -0.15) is 0 Å². The monoisotopic (exact) mass is 247 g/mol. The molecule has 4 nitrogen and oxygen atoms in total. The van der Waals surface area contributed by atoms with E-state index in [-0.39, 0.29) is 23.4 Å². The SMILES string of the molecule is CS(=O)(=O)c1cc(F)cc(C(O)CCN)c1. The molecular formula is C10H14FNO3S. The molecule has 0 aliphatic heterocycles. The van der Waals surface area contributed by atoms with Crippen LogP contribution < -0.4 is 5.73 Å². The Hall–Kier alpha value is -0.980. The maximum atomic E-state index is 13.2. The van der Waals surface area contributed by atoms with E-state index in [0.717, 1.165) is 18.4 Å². The van der Waals surface area contributed by atoms with Crippen LogP contribution in [-0.4, -0.2) is 26.3 Å². The van der Waals surface area contributed by atoms with Gasteiger partial charge in [-0.15, -0.1) is 0 Å². The number of hydrogen-bond donors (Lipinski definition) is 2. The summed E-state index contributed by atoms with van der Waals surface area (Å²) in [4.78, 5) is -0.140. The first kappa shape index (κ1) is 13.1. The van der Waals surface area contributed by atoms with Crippen molar-refractivity contribution in [3.05, 3.63) is 29.6 Å². The summed E-state index contributed by atoms with van der Waals surface area (Å²) in [5, 5.41) is 9.59. The molecule has 0 saturated carbocycles. The van der Waals surface area contributed by atoms with E-state index in [1.54, 1.807) is 0 Å². The number of nitrogens with two attached hydrogens (primary N) is 1. The fraction of sp³-hybridized carbons (Fsp3) is 0.400. The summed E-state index contributed by atoms with van der Waals surface area (Å²) >= 11 is 0. The highest BCUT2D eigenvalue weighted by Crippen LogP contribution is 2.21. The number of hydrogen-bond acceptors (Lipinski definition) is 4. The van der Waals surface area contributed by atoms with Crippen molar-refractivity contribution in [2.75, 3.05) is 12.8 Å². The fourth-order valence-corrected chi connectivity index (χ4v) is 1.99. The molecule has 0 radical (unpaired) electrons. The maximum Gasteiger partial charge on any atom is 0.175 e. The van der Waals surface area contributed by atoms with Gasteiger partial charge in [0.25, 0.3) is 0 Å². The second-order valence-corrected chi connectivity index (χ2v) is 5.60. The number of rotatable bonds is 4. The van der Waals surface area contributed by atoms with Crippen molar-refractivity contribution < 1.29 is 17.9 Å². The Morgan fingerprint density at radius 1 is 1.44 bits per heavy atom. The summed E-state index contributed by atoms with van der Waals surface area (Å²) in [7, 11) is -3.48. The predicted octanol–water partition coefficient (Wildman–Crippen LogP) is 0.611. The molecule has 0 spiro atoms. The van der Waals surface area contributed by atoms with Gasteiger partial charge in [-0.05, 0) is 36.7 Å². The zero-order valence-electron chi connectivity index (χ0n) is 8.85. The van der Waals surface area contributed by atoms with Gasteiger partial charge in [0.05, 0.1) is 11.0 Å². The minimum atomic E-state index is -3.48. The molecule has 3 N–H and O–H groups in total. The number of benzene rings is 1. The Labute approximate surface area is 93.8 Å². The van der Waals surface area contributed by atoms with Crippen LogP contribution in [0.4, 0.5) is 4.39 Å². The first-order valence-corrected chi connectivity index (χ1v) is 6.62. The number of aliphatic hydroxyl groups is 1. The van der Waals surface area contributed by atoms with Crippen molar-refractivity contribution in [3.63, 3.8) is 0 Å². The molecular weight excluding hydrogens is 233 g/mol. The molecule has 0 aliphatic carbocycles. The van der Waals surface area contributed by atoms with Crippen LogP contribution in [-0.2, 0) is 9.84 Å². The lowest BCUT2D eigenvalue weighted by Crippen LogP contribution is -2.08. The third kappa shape index (κ3) is 3.26. The lowest BCUT2D eigenvalue weighted by molar-refractivity contribution is 0.169. The molecule has 90 valence electrons. The van der Waals surface area contributed by atoms with Crippen molar-refractivity contribution in [1.29, 1.82) is 0 Å². The van der Waals surface area contributed by atoms with Gasteiger partial charge in [-0.1, -0.05) is 0 Å². The van der Waals surface area contributed by atoms with Gasteiger partial charge in [-0.3, -0.25) is 0 Å². The summed E-state index contributed by atoms with van der Waals surface area (Å²) in [6.45, 7) is 0.242. The highest BCUT2D eigenvalue weighted by Gasteiger charge is 2.14. The summed E-state index contributed by atoms with van der Waals surface area (Å²) in [6, 6.07) is 3.29. The summed E-state index contributed by atoms with van der Waals surface area (Å²) in [5.74, 6) is -0.686. The van der Waals surface area contributed by atoms with Crippen molar-refractivity contribution in [2.24, 2.45) is 5.73 Å². The third-order valence-corrected chi connectivity index (χ3v) is 3.24. The minimum absolute atomic E-state index is 0.140. The third-order valence-electron chi connectivity index (χ3n) is 2.15. The van der Waals surface area contributed by atoms with Gasteiger partial charge in [-0.25, -0.2) is 12.8 Å². The van der Waals surface area contributed by atoms with E-state index in [1.807, 2.05) is 0 Å². The molecule has 16 heavy (non-hydrogen) atoms. The van der Waals surface area contributed by atoms with Crippen LogP contribution in [0.5, 0.6) is 0 Å². The summed E-state index contributed by atoms with van der Waals surface area (Å²) in [5.41, 5.74) is 5.48. The molecule has 1 rings (SSSR count). The van der Waals surface area contributed by atoms with E-state index < -0.39 is 21.8 Å². The largest absolute Gasteiger partial charge is 0.388 e. The predicted molar refractivity (Wildman–Crippen MR) is 58.1 cm³/mol. The van der Waals surface area contributed by atoms with Crippen LogP contribution in [0.2, 0.25) is 0 Å². The molecule has 1 unspecified atom stereocenters. The second-order valence-electron chi connectivity index (χ2n) is 3.59. The first-order valence-electron chi connectivity index (χ1n) is 4.73. The van der Waals surface area contributed by atoms with Gasteiger partial charge < -0.3 is 10.8 Å². The fourth-order valence-electron chi connectivity index (χ4n) is 1.32. The Bertz CT molecular complexity index is 473. The molecule has 0 fully saturated rings. The molecule has 1 aromatic carbocycles. The van der Waals surface area contributed by atoms with Crippen molar-refractivity contribution in [2.45, 2.75) is 17.4 Å². The highest BCUT2D eigenvalue weighted by atomic mass is 32.2. The zero-order chi connectivity index (χ0) is 12.3. The Morgan fingerprint density at radius 2 is 2.06 bits per heavy atom. The number of aliphatic hydroxyl groups excluding tert-OH is 1. The molecule has 0 aromatic heterocycles. The van der Waals surface area contributed by atoms with Crippen LogP contribution in [0.3, 0.4) is 0 Å². The van der Waals surface area contributed by atoms with Crippen LogP contribution >= 0.6 is 0 Å². The van der Waals surface area contributed by atoms with E-state index in [1.165, 1.54) is 6.07 Å². The van der Waals surface area contributed by atoms with Crippen molar-refractivity contribution >= 4 is 9.84 Å². The molecule has 6 heteroatoms. The van der Waals surface area contributed by atoms with Crippen LogP contribution in [0.25, 0.3) is 0 Å². The second kappa shape index (κ2) is 4.90. The maximum absolute atomic E-state index is 13.2. The van der Waals surface area contributed by atoms with Crippen LogP contribution in [0.1, 0.15) is 18.1 Å². The zero-order valence-corrected chi connectivity index (χ0v) is 9.67. The van der Waals surface area contributed by atoms with Gasteiger partial charge in [0, 0.05) is 6.26 Å². The number of halogens is 1. The minimum Gasteiger partial charge on any atom is -0.388 e. The van der Waals surface area contributed by atoms with Gasteiger partial charge in [0.2, 0.25) is 0 Å². The average Bonchev–Trinajstić information content (AvgIpc) is 2.16. The lowest BCUT2D eigenvalue weighted by Gasteiger charge is -2.11. The molecule has 0 amide bonds.